The molecule has 23 heavy (non-hydrogen) atoms. The molecule has 2 atom stereocenters. The highest BCUT2D eigenvalue weighted by Gasteiger charge is 2.45. The molecule has 0 unspecified atom stereocenters. The third-order valence-corrected chi connectivity index (χ3v) is 3.75. The monoisotopic (exact) mass is 329 g/mol. The number of piperidine rings is 1. The van der Waals surface area contributed by atoms with Crippen LogP contribution < -0.4 is 0 Å². The molecule has 7 heteroatoms. The van der Waals surface area contributed by atoms with Gasteiger partial charge in [-0.15, -0.1) is 0 Å². The van der Waals surface area contributed by atoms with Crippen molar-refractivity contribution >= 4 is 6.09 Å². The van der Waals surface area contributed by atoms with E-state index in [2.05, 4.69) is 0 Å². The van der Waals surface area contributed by atoms with E-state index in [4.69, 9.17) is 4.74 Å². The first-order valence-electron chi connectivity index (χ1n) is 7.37. The summed E-state index contributed by atoms with van der Waals surface area (Å²) in [6.07, 6.45) is -2.22. The predicted molar refractivity (Wildman–Crippen MR) is 78.7 cm³/mol. The number of amides is 1. The number of carbonyl (C=O) groups excluding carboxylic acids is 1. The summed E-state index contributed by atoms with van der Waals surface area (Å²) in [5.41, 5.74) is -2.95. The van der Waals surface area contributed by atoms with Crippen LogP contribution in [0.25, 0.3) is 0 Å². The molecule has 0 aliphatic carbocycles. The minimum Gasteiger partial charge on any atom is -0.444 e. The fourth-order valence-electron chi connectivity index (χ4n) is 2.56. The summed E-state index contributed by atoms with van der Waals surface area (Å²) in [4.78, 5) is 13.2. The quantitative estimate of drug-likeness (QED) is 0.828. The first-order valence-corrected chi connectivity index (χ1v) is 7.37. The summed E-state index contributed by atoms with van der Waals surface area (Å²) in [5, 5.41) is 20.8. The molecule has 1 heterocycles. The number of carbonyl (C=O) groups is 1. The van der Waals surface area contributed by atoms with Gasteiger partial charge >= 0.3 is 6.09 Å². The maximum atomic E-state index is 13.9. The van der Waals surface area contributed by atoms with E-state index < -0.39 is 35.0 Å². The Labute approximate surface area is 133 Å². The highest BCUT2D eigenvalue weighted by atomic mass is 19.1. The van der Waals surface area contributed by atoms with E-state index in [9.17, 15) is 23.8 Å². The van der Waals surface area contributed by atoms with Gasteiger partial charge in [-0.3, -0.25) is 0 Å². The number of nitrogens with zero attached hydrogens (tertiary/aromatic N) is 1. The summed E-state index contributed by atoms with van der Waals surface area (Å²) in [5.74, 6) is -1.52. The second-order valence-corrected chi connectivity index (χ2v) is 6.74. The van der Waals surface area contributed by atoms with Crippen LogP contribution in [0.2, 0.25) is 0 Å². The van der Waals surface area contributed by atoms with Crippen LogP contribution >= 0.6 is 0 Å². The van der Waals surface area contributed by atoms with Gasteiger partial charge in [0.05, 0.1) is 6.54 Å². The van der Waals surface area contributed by atoms with Gasteiger partial charge in [0.25, 0.3) is 0 Å². The molecule has 2 N–H and O–H groups in total. The van der Waals surface area contributed by atoms with Gasteiger partial charge < -0.3 is 19.8 Å². The number of aliphatic hydroxyl groups excluding tert-OH is 1. The lowest BCUT2D eigenvalue weighted by Gasteiger charge is -2.42. The zero-order valence-corrected chi connectivity index (χ0v) is 13.3. The zero-order valence-electron chi connectivity index (χ0n) is 13.3. The summed E-state index contributed by atoms with van der Waals surface area (Å²) >= 11 is 0. The fraction of sp³-hybridized carbons (Fsp3) is 0.562. The van der Waals surface area contributed by atoms with Gasteiger partial charge in [-0.25, -0.2) is 13.6 Å². The molecule has 0 radical (unpaired) electrons. The number of ether oxygens (including phenoxy) is 1. The molecule has 1 aromatic rings. The number of β-amino-alcohol motifs (C(OH)–C–C–N with tert-alkyl or cyclic N) is 1. The van der Waals surface area contributed by atoms with Crippen LogP contribution in [0.15, 0.2) is 18.2 Å². The number of rotatable bonds is 1. The first kappa shape index (κ1) is 17.6. The van der Waals surface area contributed by atoms with Crippen LogP contribution in [0.1, 0.15) is 32.8 Å². The molecule has 1 aromatic carbocycles. The normalized spacial score (nSPS) is 25.3. The van der Waals surface area contributed by atoms with Crippen molar-refractivity contribution in [2.45, 2.75) is 44.5 Å². The van der Waals surface area contributed by atoms with Crippen molar-refractivity contribution in [1.29, 1.82) is 0 Å². The molecule has 0 spiro atoms. The minimum absolute atomic E-state index is 0.0540. The number of likely N-dealkylation sites (tertiary alicyclic amines) is 1. The van der Waals surface area contributed by atoms with Crippen LogP contribution in [0.4, 0.5) is 13.6 Å². The molecule has 128 valence electrons. The maximum Gasteiger partial charge on any atom is 0.410 e. The van der Waals surface area contributed by atoms with Crippen molar-refractivity contribution in [3.63, 3.8) is 0 Å². The predicted octanol–water partition coefficient (Wildman–Crippen LogP) is 2.15. The van der Waals surface area contributed by atoms with Gasteiger partial charge in [0.1, 0.15) is 28.9 Å². The highest BCUT2D eigenvalue weighted by molar-refractivity contribution is 5.68. The van der Waals surface area contributed by atoms with Crippen LogP contribution in [-0.2, 0) is 10.3 Å². The van der Waals surface area contributed by atoms with Crippen molar-refractivity contribution in [3.8, 4) is 0 Å². The molecule has 1 aliphatic rings. The van der Waals surface area contributed by atoms with Gasteiger partial charge in [0.15, 0.2) is 0 Å². The molecule has 1 saturated heterocycles. The van der Waals surface area contributed by atoms with Crippen molar-refractivity contribution in [2.75, 3.05) is 13.1 Å². The Balaban J connectivity index is 2.17. The number of aliphatic hydroxyl groups is 2. The average Bonchev–Trinajstić information content (AvgIpc) is 2.42. The topological polar surface area (TPSA) is 70.0 Å². The molecule has 0 saturated carbocycles. The van der Waals surface area contributed by atoms with Gasteiger partial charge in [0, 0.05) is 18.5 Å². The molecule has 1 aliphatic heterocycles. The third-order valence-electron chi connectivity index (χ3n) is 3.75. The number of hydrogen-bond acceptors (Lipinski definition) is 4. The van der Waals surface area contributed by atoms with Gasteiger partial charge in [-0.1, -0.05) is 0 Å². The summed E-state index contributed by atoms with van der Waals surface area (Å²) < 4.78 is 32.5. The lowest BCUT2D eigenvalue weighted by Crippen LogP contribution is -2.56. The highest BCUT2D eigenvalue weighted by Crippen LogP contribution is 2.35. The number of benzene rings is 1. The molecule has 1 fully saturated rings. The average molecular weight is 329 g/mol. The van der Waals surface area contributed by atoms with Crippen LogP contribution in [0.3, 0.4) is 0 Å². The standard InChI is InChI=1S/C16H21F2NO4/c1-15(2,3)23-14(21)19-7-6-16(22,13(20)9-19)11-8-10(17)4-5-12(11)18/h4-5,8,13,20,22H,6-7,9H2,1-3H3/t13-,16-/m1/s1. The van der Waals surface area contributed by atoms with E-state index in [0.717, 1.165) is 18.2 Å². The van der Waals surface area contributed by atoms with E-state index in [-0.39, 0.29) is 25.1 Å². The van der Waals surface area contributed by atoms with Crippen molar-refractivity contribution in [1.82, 2.24) is 4.90 Å². The van der Waals surface area contributed by atoms with Crippen molar-refractivity contribution in [2.24, 2.45) is 0 Å². The molecular formula is C16H21F2NO4. The molecule has 0 bridgehead atoms. The third kappa shape index (κ3) is 3.79. The lowest BCUT2D eigenvalue weighted by molar-refractivity contribution is -0.125. The van der Waals surface area contributed by atoms with E-state index in [0.29, 0.717) is 0 Å². The Bertz CT molecular complexity index is 602. The number of hydrogen-bond donors (Lipinski definition) is 2. The number of halogens is 2. The van der Waals surface area contributed by atoms with E-state index in [1.165, 1.54) is 4.90 Å². The van der Waals surface area contributed by atoms with Gasteiger partial charge in [0.2, 0.25) is 0 Å². The Hall–Kier alpha value is -1.73. The zero-order chi connectivity index (χ0) is 17.4. The SMILES string of the molecule is CC(C)(C)OC(=O)N1CC[C@@](O)(c2cc(F)ccc2F)[C@H](O)C1. The Morgan fingerprint density at radius 2 is 2.04 bits per heavy atom. The summed E-state index contributed by atoms with van der Waals surface area (Å²) in [6, 6.07) is 2.70. The van der Waals surface area contributed by atoms with Crippen molar-refractivity contribution in [3.05, 3.63) is 35.4 Å². The van der Waals surface area contributed by atoms with E-state index in [1.807, 2.05) is 0 Å². The van der Waals surface area contributed by atoms with Crippen molar-refractivity contribution < 1.29 is 28.5 Å². The second kappa shape index (κ2) is 6.05. The van der Waals surface area contributed by atoms with Crippen LogP contribution in [-0.4, -0.2) is 46.0 Å². The van der Waals surface area contributed by atoms with E-state index >= 15 is 0 Å². The molecule has 1 amide bonds. The smallest absolute Gasteiger partial charge is 0.410 e. The van der Waals surface area contributed by atoms with Gasteiger partial charge in [-0.05, 0) is 39.0 Å². The van der Waals surface area contributed by atoms with Crippen LogP contribution in [0.5, 0.6) is 0 Å². The molecular weight excluding hydrogens is 308 g/mol. The molecule has 0 aromatic heterocycles. The first-order chi connectivity index (χ1) is 10.5. The summed E-state index contributed by atoms with van der Waals surface area (Å²) in [7, 11) is 0. The fourth-order valence-corrected chi connectivity index (χ4v) is 2.56. The van der Waals surface area contributed by atoms with E-state index in [1.54, 1.807) is 20.8 Å². The molecule has 5 nitrogen and oxygen atoms in total. The lowest BCUT2D eigenvalue weighted by atomic mass is 9.82. The Morgan fingerprint density at radius 1 is 1.39 bits per heavy atom. The molecule has 2 rings (SSSR count). The van der Waals surface area contributed by atoms with Crippen LogP contribution in [0, 0.1) is 11.6 Å². The minimum atomic E-state index is -1.95. The van der Waals surface area contributed by atoms with Gasteiger partial charge in [-0.2, -0.15) is 0 Å². The summed E-state index contributed by atoms with van der Waals surface area (Å²) in [6.45, 7) is 4.96. The maximum absolute atomic E-state index is 13.9. The Kier molecular flexibility index (Phi) is 4.64. The Morgan fingerprint density at radius 3 is 2.61 bits per heavy atom. The largest absolute Gasteiger partial charge is 0.444 e. The second-order valence-electron chi connectivity index (χ2n) is 6.74.